The molecule has 1 heterocycles. The average Bonchev–Trinajstić information content (AvgIpc) is 2.65. The third kappa shape index (κ3) is 4.53. The Bertz CT molecular complexity index is 971. The summed E-state index contributed by atoms with van der Waals surface area (Å²) in [5.41, 5.74) is 1.73. The molecule has 3 rings (SSSR count). The van der Waals surface area contributed by atoms with Crippen LogP contribution in [0, 0.1) is 0 Å². The summed E-state index contributed by atoms with van der Waals surface area (Å²) in [6.07, 6.45) is 1.34. The molecule has 152 valence electrons. The summed E-state index contributed by atoms with van der Waals surface area (Å²) in [4.78, 5) is 37.4. The summed E-state index contributed by atoms with van der Waals surface area (Å²) < 4.78 is 10.2. The molecule has 9 heteroatoms. The van der Waals surface area contributed by atoms with Gasteiger partial charge in [0, 0.05) is 32.1 Å². The number of carbonyl (C=O) groups is 3. The second kappa shape index (κ2) is 8.29. The predicted molar refractivity (Wildman–Crippen MR) is 102 cm³/mol. The fraction of sp³-hybridized carbons (Fsp3) is 0.250. The van der Waals surface area contributed by atoms with Gasteiger partial charge in [-0.25, -0.2) is 0 Å². The van der Waals surface area contributed by atoms with E-state index in [0.717, 1.165) is 5.56 Å². The Balaban J connectivity index is 1.98. The van der Waals surface area contributed by atoms with Gasteiger partial charge >= 0.3 is 11.9 Å². The van der Waals surface area contributed by atoms with E-state index >= 15 is 0 Å². The molecule has 0 fully saturated rings. The number of hydrogen-bond donors (Lipinski definition) is 2. The first kappa shape index (κ1) is 20.3. The predicted octanol–water partition coefficient (Wildman–Crippen LogP) is 2.72. The fourth-order valence-electron chi connectivity index (χ4n) is 3.21. The Morgan fingerprint density at radius 3 is 2.38 bits per heavy atom. The first-order valence-corrected chi connectivity index (χ1v) is 8.90. The van der Waals surface area contributed by atoms with E-state index < -0.39 is 17.8 Å². The smallest absolute Gasteiger partial charge is 0.308 e. The minimum Gasteiger partial charge on any atom is -0.427 e. The van der Waals surface area contributed by atoms with Crippen LogP contribution in [0.5, 0.6) is 11.5 Å². The number of rotatable bonds is 4. The molecular weight excluding hydrogens is 380 g/mol. The fourth-order valence-corrected chi connectivity index (χ4v) is 3.21. The first-order chi connectivity index (χ1) is 13.8. The van der Waals surface area contributed by atoms with Crippen LogP contribution in [-0.4, -0.2) is 34.8 Å². The van der Waals surface area contributed by atoms with E-state index in [1.165, 1.54) is 43.0 Å². The monoisotopic (exact) mass is 400 g/mol. The molecule has 0 unspecified atom stereocenters. The molecule has 29 heavy (non-hydrogen) atoms. The SMILES string of the molecule is CC(=O)Oc1ccc(C(=O)N2CCCc3cc(N(O)O)ccc32)c(OC(C)=O)c1. The maximum Gasteiger partial charge on any atom is 0.308 e. The topological polar surface area (TPSA) is 117 Å². The van der Waals surface area contributed by atoms with Crippen LogP contribution in [0.3, 0.4) is 0 Å². The number of benzene rings is 2. The highest BCUT2D eigenvalue weighted by Gasteiger charge is 2.27. The van der Waals surface area contributed by atoms with Gasteiger partial charge in [0.2, 0.25) is 0 Å². The van der Waals surface area contributed by atoms with Crippen molar-refractivity contribution in [3.8, 4) is 11.5 Å². The lowest BCUT2D eigenvalue weighted by molar-refractivity contribution is -0.132. The van der Waals surface area contributed by atoms with E-state index in [1.807, 2.05) is 0 Å². The van der Waals surface area contributed by atoms with Crippen molar-refractivity contribution in [3.63, 3.8) is 0 Å². The lowest BCUT2D eigenvalue weighted by Gasteiger charge is -2.30. The van der Waals surface area contributed by atoms with Crippen LogP contribution in [0.25, 0.3) is 0 Å². The van der Waals surface area contributed by atoms with Crippen molar-refractivity contribution in [1.82, 2.24) is 0 Å². The first-order valence-electron chi connectivity index (χ1n) is 8.90. The molecule has 2 aromatic rings. The van der Waals surface area contributed by atoms with Crippen LogP contribution in [0.1, 0.15) is 36.2 Å². The zero-order valence-corrected chi connectivity index (χ0v) is 15.9. The van der Waals surface area contributed by atoms with Gasteiger partial charge in [-0.3, -0.25) is 24.8 Å². The molecule has 9 nitrogen and oxygen atoms in total. The van der Waals surface area contributed by atoms with Gasteiger partial charge in [0.1, 0.15) is 11.5 Å². The quantitative estimate of drug-likeness (QED) is 0.457. The Morgan fingerprint density at radius 1 is 1.00 bits per heavy atom. The molecule has 0 saturated carbocycles. The summed E-state index contributed by atoms with van der Waals surface area (Å²) >= 11 is 0. The molecule has 0 radical (unpaired) electrons. The highest BCUT2D eigenvalue weighted by atomic mass is 16.8. The summed E-state index contributed by atoms with van der Waals surface area (Å²) in [7, 11) is 0. The minimum absolute atomic E-state index is 0.0121. The number of nitrogens with zero attached hydrogens (tertiary/aromatic N) is 2. The van der Waals surface area contributed by atoms with Gasteiger partial charge < -0.3 is 14.4 Å². The highest BCUT2D eigenvalue weighted by Crippen LogP contribution is 2.34. The summed E-state index contributed by atoms with van der Waals surface area (Å²) in [5, 5.41) is 18.4. The number of aryl methyl sites for hydroxylation is 1. The number of amides is 1. The maximum atomic E-state index is 13.2. The van der Waals surface area contributed by atoms with Crippen LogP contribution in [-0.2, 0) is 16.0 Å². The van der Waals surface area contributed by atoms with Gasteiger partial charge in [0.25, 0.3) is 5.91 Å². The van der Waals surface area contributed by atoms with Crippen LogP contribution >= 0.6 is 0 Å². The number of ether oxygens (including phenoxy) is 2. The van der Waals surface area contributed by atoms with Crippen molar-refractivity contribution >= 4 is 29.2 Å². The molecular formula is C20H20N2O7. The van der Waals surface area contributed by atoms with Crippen molar-refractivity contribution < 1.29 is 34.3 Å². The van der Waals surface area contributed by atoms with Crippen LogP contribution in [0.2, 0.25) is 0 Å². The zero-order valence-electron chi connectivity index (χ0n) is 15.9. The largest absolute Gasteiger partial charge is 0.427 e. The number of fused-ring (bicyclic) bond motifs is 1. The van der Waals surface area contributed by atoms with Crippen molar-refractivity contribution in [1.29, 1.82) is 0 Å². The highest BCUT2D eigenvalue weighted by molar-refractivity contribution is 6.09. The molecule has 0 aliphatic carbocycles. The van der Waals surface area contributed by atoms with Gasteiger partial charge in [-0.1, -0.05) is 0 Å². The van der Waals surface area contributed by atoms with Gasteiger partial charge in [0.15, 0.2) is 0 Å². The van der Waals surface area contributed by atoms with E-state index in [-0.39, 0.29) is 28.0 Å². The maximum absolute atomic E-state index is 13.2. The Hall–Kier alpha value is -3.43. The van der Waals surface area contributed by atoms with Crippen molar-refractivity contribution in [3.05, 3.63) is 47.5 Å². The van der Waals surface area contributed by atoms with Crippen LogP contribution in [0.15, 0.2) is 36.4 Å². The van der Waals surface area contributed by atoms with Gasteiger partial charge in [-0.05, 0) is 48.7 Å². The summed E-state index contributed by atoms with van der Waals surface area (Å²) in [5.74, 6) is -1.41. The summed E-state index contributed by atoms with van der Waals surface area (Å²) in [6.45, 7) is 2.89. The van der Waals surface area contributed by atoms with Crippen molar-refractivity contribution in [2.75, 3.05) is 16.7 Å². The number of anilines is 2. The van der Waals surface area contributed by atoms with E-state index in [4.69, 9.17) is 9.47 Å². The van der Waals surface area contributed by atoms with Gasteiger partial charge in [-0.2, -0.15) is 0 Å². The second-order valence-corrected chi connectivity index (χ2v) is 6.51. The normalized spacial score (nSPS) is 12.8. The van der Waals surface area contributed by atoms with Crippen LogP contribution in [0.4, 0.5) is 11.4 Å². The Labute approximate surface area is 166 Å². The molecule has 0 atom stereocenters. The minimum atomic E-state index is -0.617. The lowest BCUT2D eigenvalue weighted by atomic mass is 10.00. The molecule has 0 bridgehead atoms. The van der Waals surface area contributed by atoms with Gasteiger partial charge in [-0.15, -0.1) is 5.23 Å². The number of carbonyl (C=O) groups excluding carboxylic acids is 3. The summed E-state index contributed by atoms with van der Waals surface area (Å²) in [6, 6.07) is 8.89. The van der Waals surface area contributed by atoms with Crippen molar-refractivity contribution in [2.45, 2.75) is 26.7 Å². The molecule has 0 spiro atoms. The van der Waals surface area contributed by atoms with Crippen LogP contribution < -0.4 is 19.6 Å². The number of esters is 2. The average molecular weight is 400 g/mol. The molecule has 2 aromatic carbocycles. The third-order valence-electron chi connectivity index (χ3n) is 4.36. The number of hydrogen-bond acceptors (Lipinski definition) is 8. The van der Waals surface area contributed by atoms with Gasteiger partial charge in [0.05, 0.1) is 11.3 Å². The van der Waals surface area contributed by atoms with Crippen molar-refractivity contribution in [2.24, 2.45) is 0 Å². The van der Waals surface area contributed by atoms with E-state index in [2.05, 4.69) is 0 Å². The van der Waals surface area contributed by atoms with E-state index in [1.54, 1.807) is 12.1 Å². The zero-order chi connectivity index (χ0) is 21.1. The molecule has 0 saturated heterocycles. The molecule has 1 aliphatic heterocycles. The molecule has 1 amide bonds. The van der Waals surface area contributed by atoms with E-state index in [0.29, 0.717) is 25.1 Å². The standard InChI is InChI=1S/C20H20N2O7/c1-12(23)28-16-6-7-17(19(11-16)29-13(2)24)20(25)21-9-3-4-14-10-15(22(26)27)5-8-18(14)21/h5-8,10-11,26-27H,3-4,9H2,1-2H3. The molecule has 2 N–H and O–H groups in total. The second-order valence-electron chi connectivity index (χ2n) is 6.51. The Kier molecular flexibility index (Phi) is 5.81. The Morgan fingerprint density at radius 2 is 1.72 bits per heavy atom. The third-order valence-corrected chi connectivity index (χ3v) is 4.36. The van der Waals surface area contributed by atoms with E-state index in [9.17, 15) is 24.8 Å². The lowest BCUT2D eigenvalue weighted by Crippen LogP contribution is -2.36. The molecule has 1 aliphatic rings. The molecule has 0 aromatic heterocycles.